The van der Waals surface area contributed by atoms with Crippen LogP contribution in [0.25, 0.3) is 0 Å². The Balaban J connectivity index is 2.31. The Labute approximate surface area is 111 Å². The van der Waals surface area contributed by atoms with E-state index in [-0.39, 0.29) is 18.0 Å². The summed E-state index contributed by atoms with van der Waals surface area (Å²) in [5.41, 5.74) is -0.608. The highest BCUT2D eigenvalue weighted by Gasteiger charge is 2.29. The molecule has 18 heavy (non-hydrogen) atoms. The molecule has 1 fully saturated rings. The van der Waals surface area contributed by atoms with Gasteiger partial charge in [-0.25, -0.2) is 0 Å². The molecule has 0 heterocycles. The fraction of sp³-hybridized carbons (Fsp3) is 0.929. The van der Waals surface area contributed by atoms with Crippen LogP contribution in [0.1, 0.15) is 59.3 Å². The van der Waals surface area contributed by atoms with Gasteiger partial charge in [0, 0.05) is 12.6 Å². The van der Waals surface area contributed by atoms with Crippen LogP contribution in [-0.4, -0.2) is 35.2 Å². The van der Waals surface area contributed by atoms with Crippen LogP contribution in [-0.2, 0) is 4.79 Å². The molecule has 0 radical (unpaired) electrons. The molecular formula is C14H28N2O2. The van der Waals surface area contributed by atoms with Gasteiger partial charge in [-0.2, -0.15) is 0 Å². The summed E-state index contributed by atoms with van der Waals surface area (Å²) in [4.78, 5) is 11.8. The number of aliphatic hydroxyl groups is 1. The highest BCUT2D eigenvalue weighted by atomic mass is 16.3. The van der Waals surface area contributed by atoms with Gasteiger partial charge in [0.05, 0.1) is 11.6 Å². The van der Waals surface area contributed by atoms with E-state index in [4.69, 9.17) is 0 Å². The molecule has 1 aliphatic carbocycles. The van der Waals surface area contributed by atoms with Crippen molar-refractivity contribution in [3.05, 3.63) is 0 Å². The van der Waals surface area contributed by atoms with Gasteiger partial charge in [0.15, 0.2) is 0 Å². The predicted octanol–water partition coefficient (Wildman–Crippen LogP) is 1.57. The van der Waals surface area contributed by atoms with E-state index < -0.39 is 5.60 Å². The molecule has 0 aromatic heterocycles. The summed E-state index contributed by atoms with van der Waals surface area (Å²) >= 11 is 0. The number of amides is 1. The maximum absolute atomic E-state index is 11.8. The molecule has 0 aliphatic heterocycles. The van der Waals surface area contributed by atoms with E-state index in [0.717, 1.165) is 32.1 Å². The molecule has 106 valence electrons. The Hall–Kier alpha value is -0.610. The summed E-state index contributed by atoms with van der Waals surface area (Å²) in [6, 6.07) is -0.0375. The van der Waals surface area contributed by atoms with E-state index in [2.05, 4.69) is 10.6 Å². The maximum atomic E-state index is 11.8. The van der Waals surface area contributed by atoms with Crippen LogP contribution in [0, 0.1) is 0 Å². The molecule has 4 nitrogen and oxygen atoms in total. The molecule has 0 spiro atoms. The van der Waals surface area contributed by atoms with Gasteiger partial charge in [-0.1, -0.05) is 26.2 Å². The van der Waals surface area contributed by atoms with Gasteiger partial charge in [-0.15, -0.1) is 0 Å². The van der Waals surface area contributed by atoms with Crippen molar-refractivity contribution in [3.8, 4) is 0 Å². The van der Waals surface area contributed by atoms with Crippen molar-refractivity contribution in [2.24, 2.45) is 0 Å². The minimum atomic E-state index is -0.608. The molecule has 0 aromatic rings. The maximum Gasteiger partial charge on any atom is 0.237 e. The van der Waals surface area contributed by atoms with Gasteiger partial charge in [-0.05, 0) is 33.1 Å². The quantitative estimate of drug-likeness (QED) is 0.676. The summed E-state index contributed by atoms with van der Waals surface area (Å²) < 4.78 is 0. The molecule has 0 saturated heterocycles. The average molecular weight is 256 g/mol. The number of hydrogen-bond donors (Lipinski definition) is 3. The van der Waals surface area contributed by atoms with E-state index >= 15 is 0 Å². The average Bonchev–Trinajstić information content (AvgIpc) is 2.36. The fourth-order valence-electron chi connectivity index (χ4n) is 2.29. The van der Waals surface area contributed by atoms with E-state index in [0.29, 0.717) is 6.54 Å². The summed E-state index contributed by atoms with van der Waals surface area (Å²) in [5.74, 6) is 0.0174. The lowest BCUT2D eigenvalue weighted by molar-refractivity contribution is -0.123. The third-order valence-corrected chi connectivity index (χ3v) is 3.92. The Morgan fingerprint density at radius 3 is 2.44 bits per heavy atom. The molecule has 3 N–H and O–H groups in total. The van der Waals surface area contributed by atoms with Crippen molar-refractivity contribution in [1.82, 2.24) is 10.6 Å². The van der Waals surface area contributed by atoms with Crippen LogP contribution in [0.4, 0.5) is 0 Å². The second-order valence-electron chi connectivity index (χ2n) is 5.71. The van der Waals surface area contributed by atoms with Crippen molar-refractivity contribution in [1.29, 1.82) is 0 Å². The summed E-state index contributed by atoms with van der Waals surface area (Å²) in [7, 11) is 0. The fourth-order valence-corrected chi connectivity index (χ4v) is 2.29. The summed E-state index contributed by atoms with van der Waals surface area (Å²) in [6.45, 7) is 6.42. The lowest BCUT2D eigenvalue weighted by Gasteiger charge is -2.33. The van der Waals surface area contributed by atoms with Crippen LogP contribution in [0.3, 0.4) is 0 Å². The Morgan fingerprint density at radius 2 is 1.89 bits per heavy atom. The van der Waals surface area contributed by atoms with Crippen molar-refractivity contribution >= 4 is 5.91 Å². The van der Waals surface area contributed by atoms with Crippen LogP contribution >= 0.6 is 0 Å². The molecule has 2 unspecified atom stereocenters. The molecule has 1 saturated carbocycles. The van der Waals surface area contributed by atoms with E-state index in [1.807, 2.05) is 20.8 Å². The minimum absolute atomic E-state index is 0.0174. The first-order valence-corrected chi connectivity index (χ1v) is 7.23. The summed E-state index contributed by atoms with van der Waals surface area (Å²) in [5, 5.41) is 16.4. The molecule has 1 rings (SSSR count). The number of carbonyl (C=O) groups excluding carboxylic acids is 1. The van der Waals surface area contributed by atoms with Crippen LogP contribution in [0.2, 0.25) is 0 Å². The number of hydrogen-bond acceptors (Lipinski definition) is 3. The summed E-state index contributed by atoms with van der Waals surface area (Å²) in [6.07, 6.45) is 6.02. The smallest absolute Gasteiger partial charge is 0.237 e. The Bertz CT molecular complexity index is 263. The van der Waals surface area contributed by atoms with Crippen LogP contribution in [0.5, 0.6) is 0 Å². The largest absolute Gasteiger partial charge is 0.389 e. The monoisotopic (exact) mass is 256 g/mol. The molecule has 0 bridgehead atoms. The lowest BCUT2D eigenvalue weighted by Crippen LogP contribution is -2.51. The molecule has 0 aromatic carbocycles. The number of nitrogens with one attached hydrogen (secondary N) is 2. The van der Waals surface area contributed by atoms with Crippen molar-refractivity contribution < 1.29 is 9.90 Å². The van der Waals surface area contributed by atoms with Gasteiger partial charge < -0.3 is 15.7 Å². The zero-order valence-electron chi connectivity index (χ0n) is 12.0. The van der Waals surface area contributed by atoms with E-state index in [9.17, 15) is 9.90 Å². The normalized spacial score (nSPS) is 22.2. The van der Waals surface area contributed by atoms with Crippen molar-refractivity contribution in [2.45, 2.75) is 77.0 Å². The third-order valence-electron chi connectivity index (χ3n) is 3.92. The molecule has 4 heteroatoms. The SMILES string of the molecule is CCC(C)NC(=O)C(C)NCC1(O)CCCCC1. The van der Waals surface area contributed by atoms with Crippen LogP contribution < -0.4 is 10.6 Å². The first kappa shape index (κ1) is 15.4. The second-order valence-corrected chi connectivity index (χ2v) is 5.71. The van der Waals surface area contributed by atoms with Crippen molar-refractivity contribution in [3.63, 3.8) is 0 Å². The number of rotatable bonds is 6. The molecule has 1 aliphatic rings. The first-order valence-electron chi connectivity index (χ1n) is 7.23. The van der Waals surface area contributed by atoms with Gasteiger partial charge in [0.25, 0.3) is 0 Å². The van der Waals surface area contributed by atoms with Crippen LogP contribution in [0.15, 0.2) is 0 Å². The minimum Gasteiger partial charge on any atom is -0.389 e. The topological polar surface area (TPSA) is 61.4 Å². The Kier molecular flexibility index (Phi) is 6.09. The van der Waals surface area contributed by atoms with E-state index in [1.165, 1.54) is 6.42 Å². The van der Waals surface area contributed by atoms with Gasteiger partial charge in [0.2, 0.25) is 5.91 Å². The molecule has 1 amide bonds. The Morgan fingerprint density at radius 1 is 1.28 bits per heavy atom. The standard InChI is InChI=1S/C14H28N2O2/c1-4-11(2)16-13(17)12(3)15-10-14(18)8-6-5-7-9-14/h11-12,15,18H,4-10H2,1-3H3,(H,16,17). The second kappa shape index (κ2) is 7.10. The molecule has 2 atom stereocenters. The van der Waals surface area contributed by atoms with Gasteiger partial charge >= 0.3 is 0 Å². The lowest BCUT2D eigenvalue weighted by atomic mass is 9.85. The zero-order chi connectivity index (χ0) is 13.6. The van der Waals surface area contributed by atoms with Gasteiger partial charge in [-0.3, -0.25) is 4.79 Å². The third kappa shape index (κ3) is 4.94. The van der Waals surface area contributed by atoms with E-state index in [1.54, 1.807) is 0 Å². The predicted molar refractivity (Wildman–Crippen MR) is 73.4 cm³/mol. The highest BCUT2D eigenvalue weighted by molar-refractivity contribution is 5.81. The van der Waals surface area contributed by atoms with Crippen molar-refractivity contribution in [2.75, 3.05) is 6.54 Å². The van der Waals surface area contributed by atoms with Gasteiger partial charge in [0.1, 0.15) is 0 Å². The molecular weight excluding hydrogens is 228 g/mol. The number of carbonyl (C=O) groups is 1. The zero-order valence-corrected chi connectivity index (χ0v) is 12.0. The first-order chi connectivity index (χ1) is 8.47. The highest BCUT2D eigenvalue weighted by Crippen LogP contribution is 2.27.